The van der Waals surface area contributed by atoms with Crippen molar-refractivity contribution in [1.82, 2.24) is 4.98 Å². The number of para-hydroxylation sites is 1. The van der Waals surface area contributed by atoms with E-state index in [9.17, 15) is 0 Å². The van der Waals surface area contributed by atoms with Gasteiger partial charge >= 0.3 is 0 Å². The van der Waals surface area contributed by atoms with E-state index >= 15 is 0 Å². The number of benzene rings is 3. The molecule has 0 bridgehead atoms. The maximum Gasteiger partial charge on any atom is 0.119 e. The third kappa shape index (κ3) is 2.69. The summed E-state index contributed by atoms with van der Waals surface area (Å²) in [4.78, 5) is 6.17. The molecular formula is C30H26N2O. The number of hydrogen-bond donors (Lipinski definition) is 1. The molecule has 3 nitrogen and oxygen atoms in total. The van der Waals surface area contributed by atoms with Gasteiger partial charge in [0.2, 0.25) is 0 Å². The largest absolute Gasteiger partial charge is 0.497 e. The van der Waals surface area contributed by atoms with Gasteiger partial charge in [0.1, 0.15) is 5.75 Å². The minimum absolute atomic E-state index is 0.0801. The van der Waals surface area contributed by atoms with Gasteiger partial charge in [-0.05, 0) is 78.3 Å². The zero-order valence-corrected chi connectivity index (χ0v) is 18.8. The molecule has 162 valence electrons. The van der Waals surface area contributed by atoms with Crippen LogP contribution in [0.25, 0.3) is 28.1 Å². The van der Waals surface area contributed by atoms with Crippen molar-refractivity contribution in [3.8, 4) is 16.9 Å². The number of aromatic nitrogens is 1. The molecule has 3 aromatic carbocycles. The molecule has 1 aromatic heterocycles. The number of ether oxygens (including phenoxy) is 1. The average molecular weight is 431 g/mol. The quantitative estimate of drug-likeness (QED) is 0.354. The maximum atomic E-state index is 5.67. The zero-order chi connectivity index (χ0) is 21.9. The van der Waals surface area contributed by atoms with Gasteiger partial charge in [0, 0.05) is 39.6 Å². The highest BCUT2D eigenvalue weighted by molar-refractivity contribution is 6.04. The highest BCUT2D eigenvalue weighted by Gasteiger charge is 2.38. The summed E-state index contributed by atoms with van der Waals surface area (Å²) < 4.78 is 5.67. The van der Waals surface area contributed by atoms with E-state index in [2.05, 4.69) is 88.9 Å². The minimum Gasteiger partial charge on any atom is -0.497 e. The Morgan fingerprint density at radius 3 is 2.73 bits per heavy atom. The standard InChI is InChI=1S/C30H26N2O/c1-33-21-15-14-20-16-28(19-8-3-2-4-9-19)32-27-13-6-5-10-22(27)23-11-7-12-26-29(23)25(18-31-26)30(32)24(20)17-21/h5-8,10-18,30-31H,2-4,9H2,1H3. The monoisotopic (exact) mass is 430 g/mol. The lowest BCUT2D eigenvalue weighted by molar-refractivity contribution is 0.414. The first-order valence-corrected chi connectivity index (χ1v) is 11.9. The summed E-state index contributed by atoms with van der Waals surface area (Å²) in [6.07, 6.45) is 11.9. The van der Waals surface area contributed by atoms with Crippen LogP contribution < -0.4 is 9.64 Å². The van der Waals surface area contributed by atoms with E-state index < -0.39 is 0 Å². The van der Waals surface area contributed by atoms with Crippen LogP contribution in [0.3, 0.4) is 0 Å². The van der Waals surface area contributed by atoms with Crippen LogP contribution in [0.4, 0.5) is 5.69 Å². The Kier molecular flexibility index (Phi) is 4.07. The second kappa shape index (κ2) is 7.14. The van der Waals surface area contributed by atoms with Crippen LogP contribution in [-0.4, -0.2) is 12.1 Å². The lowest BCUT2D eigenvalue weighted by Gasteiger charge is -2.41. The van der Waals surface area contributed by atoms with Crippen molar-refractivity contribution >= 4 is 22.7 Å². The highest BCUT2D eigenvalue weighted by Crippen LogP contribution is 2.53. The van der Waals surface area contributed by atoms with E-state index in [1.807, 2.05) is 0 Å². The first-order valence-electron chi connectivity index (χ1n) is 11.9. The van der Waals surface area contributed by atoms with Gasteiger partial charge in [0.15, 0.2) is 0 Å². The molecule has 3 aliphatic rings. The molecule has 0 fully saturated rings. The topological polar surface area (TPSA) is 28.3 Å². The highest BCUT2D eigenvalue weighted by atomic mass is 16.5. The normalized spacial score (nSPS) is 18.6. The van der Waals surface area contributed by atoms with Crippen LogP contribution in [0.1, 0.15) is 48.4 Å². The summed E-state index contributed by atoms with van der Waals surface area (Å²) in [6.45, 7) is 0. The fourth-order valence-corrected chi connectivity index (χ4v) is 6.00. The zero-order valence-electron chi connectivity index (χ0n) is 18.8. The Balaban J connectivity index is 1.61. The molecule has 0 spiro atoms. The number of nitrogens with one attached hydrogen (secondary N) is 1. The van der Waals surface area contributed by atoms with Gasteiger partial charge < -0.3 is 14.6 Å². The van der Waals surface area contributed by atoms with E-state index in [-0.39, 0.29) is 6.04 Å². The molecule has 0 saturated heterocycles. The maximum absolute atomic E-state index is 5.67. The third-order valence-electron chi connectivity index (χ3n) is 7.50. The second-order valence-electron chi connectivity index (χ2n) is 9.26. The van der Waals surface area contributed by atoms with Crippen LogP contribution in [0.2, 0.25) is 0 Å². The molecule has 33 heavy (non-hydrogen) atoms. The second-order valence-corrected chi connectivity index (χ2v) is 9.26. The van der Waals surface area contributed by atoms with Crippen molar-refractivity contribution in [3.05, 3.63) is 101 Å². The summed E-state index contributed by atoms with van der Waals surface area (Å²) in [5.74, 6) is 0.903. The van der Waals surface area contributed by atoms with Crippen LogP contribution >= 0.6 is 0 Å². The molecule has 0 radical (unpaired) electrons. The molecule has 1 atom stereocenters. The molecule has 3 heteroatoms. The van der Waals surface area contributed by atoms with E-state index in [4.69, 9.17) is 4.74 Å². The number of H-pyrrole nitrogens is 1. The molecule has 0 saturated carbocycles. The number of aromatic amines is 1. The summed E-state index contributed by atoms with van der Waals surface area (Å²) in [7, 11) is 1.75. The molecule has 4 aromatic rings. The number of nitrogens with zero attached hydrogens (tertiary/aromatic N) is 1. The first-order chi connectivity index (χ1) is 16.3. The fraction of sp³-hybridized carbons (Fsp3) is 0.200. The third-order valence-corrected chi connectivity index (χ3v) is 7.50. The number of methoxy groups -OCH3 is 1. The Labute approximate surface area is 194 Å². The lowest BCUT2D eigenvalue weighted by Crippen LogP contribution is -2.33. The summed E-state index contributed by atoms with van der Waals surface area (Å²) in [6, 6.07) is 22.1. The van der Waals surface area contributed by atoms with Crippen molar-refractivity contribution in [2.75, 3.05) is 12.0 Å². The molecule has 0 amide bonds. The van der Waals surface area contributed by atoms with Gasteiger partial charge in [-0.25, -0.2) is 0 Å². The smallest absolute Gasteiger partial charge is 0.119 e. The van der Waals surface area contributed by atoms with Crippen molar-refractivity contribution < 1.29 is 4.74 Å². The Morgan fingerprint density at radius 2 is 1.85 bits per heavy atom. The first kappa shape index (κ1) is 18.8. The predicted octanol–water partition coefficient (Wildman–Crippen LogP) is 7.61. The SMILES string of the molecule is COc1ccc2c(c1)C1c3c[nH]c4cccc(c34)-c3ccccc3N1C(C1=CCCCC1)=C2. The van der Waals surface area contributed by atoms with Gasteiger partial charge in [0.05, 0.1) is 13.2 Å². The van der Waals surface area contributed by atoms with Gasteiger partial charge in [-0.3, -0.25) is 0 Å². The van der Waals surface area contributed by atoms with Crippen molar-refractivity contribution in [2.24, 2.45) is 0 Å². The van der Waals surface area contributed by atoms with E-state index in [1.165, 1.54) is 68.5 Å². The van der Waals surface area contributed by atoms with E-state index in [1.54, 1.807) is 7.11 Å². The average Bonchev–Trinajstić information content (AvgIpc) is 3.26. The summed E-state index contributed by atoms with van der Waals surface area (Å²) in [5.41, 5.74) is 11.8. The molecule has 3 heterocycles. The van der Waals surface area contributed by atoms with Crippen molar-refractivity contribution in [1.29, 1.82) is 0 Å². The van der Waals surface area contributed by atoms with Crippen molar-refractivity contribution in [2.45, 2.75) is 31.7 Å². The minimum atomic E-state index is 0.0801. The molecule has 1 aliphatic carbocycles. The number of anilines is 1. The molecular weight excluding hydrogens is 404 g/mol. The molecule has 7 rings (SSSR count). The van der Waals surface area contributed by atoms with Gasteiger partial charge in [0.25, 0.3) is 0 Å². The summed E-state index contributed by atoms with van der Waals surface area (Å²) >= 11 is 0. The van der Waals surface area contributed by atoms with Crippen LogP contribution in [0, 0.1) is 0 Å². The fourth-order valence-electron chi connectivity index (χ4n) is 6.00. The molecule has 1 N–H and O–H groups in total. The van der Waals surface area contributed by atoms with Gasteiger partial charge in [-0.15, -0.1) is 0 Å². The Morgan fingerprint density at radius 1 is 0.939 bits per heavy atom. The van der Waals surface area contributed by atoms with Crippen LogP contribution in [0.15, 0.2) is 84.2 Å². The Bertz CT molecular complexity index is 1470. The number of rotatable bonds is 2. The van der Waals surface area contributed by atoms with Crippen LogP contribution in [-0.2, 0) is 0 Å². The van der Waals surface area contributed by atoms with Gasteiger partial charge in [-0.1, -0.05) is 42.5 Å². The number of hydrogen-bond acceptors (Lipinski definition) is 2. The number of allylic oxidation sites excluding steroid dienone is 2. The Hall–Kier alpha value is -3.72. The van der Waals surface area contributed by atoms with Crippen molar-refractivity contribution in [3.63, 3.8) is 0 Å². The molecule has 1 unspecified atom stereocenters. The molecule has 2 aliphatic heterocycles. The van der Waals surface area contributed by atoms with E-state index in [0.717, 1.165) is 18.6 Å². The van der Waals surface area contributed by atoms with Crippen LogP contribution in [0.5, 0.6) is 5.75 Å². The van der Waals surface area contributed by atoms with E-state index in [0.29, 0.717) is 0 Å². The predicted molar refractivity (Wildman–Crippen MR) is 136 cm³/mol. The van der Waals surface area contributed by atoms with Gasteiger partial charge in [-0.2, -0.15) is 0 Å². The number of fused-ring (bicyclic) bond motifs is 7. The lowest BCUT2D eigenvalue weighted by atomic mass is 9.85. The summed E-state index contributed by atoms with van der Waals surface area (Å²) in [5, 5.41) is 1.32.